The number of rotatable bonds is 17. The fourth-order valence-corrected chi connectivity index (χ4v) is 4.24. The first-order valence-corrected chi connectivity index (χ1v) is 12.5. The van der Waals surface area contributed by atoms with E-state index >= 15 is 0 Å². The first kappa shape index (κ1) is 23.7. The molecule has 0 bridgehead atoms. The molecule has 2 heteroatoms. The van der Waals surface area contributed by atoms with Gasteiger partial charge in [0.1, 0.15) is 12.4 Å². The molecule has 0 aliphatic rings. The Bertz CT molecular complexity index is 629. The predicted molar refractivity (Wildman–Crippen MR) is 125 cm³/mol. The highest BCUT2D eigenvalue weighted by Crippen LogP contribution is 2.11. The summed E-state index contributed by atoms with van der Waals surface area (Å²) in [6.07, 6.45) is 23.4. The van der Waals surface area contributed by atoms with E-state index in [4.69, 9.17) is 0 Å². The molecule has 0 N–H and O–H groups in total. The minimum atomic E-state index is 1.14. The molecule has 0 amide bonds. The molecule has 29 heavy (non-hydrogen) atoms. The minimum absolute atomic E-state index is 1.14. The summed E-state index contributed by atoms with van der Waals surface area (Å²) in [7, 11) is 0. The van der Waals surface area contributed by atoms with E-state index in [-0.39, 0.29) is 0 Å². The second-order valence-corrected chi connectivity index (χ2v) is 8.62. The van der Waals surface area contributed by atoms with Crippen LogP contribution in [0.15, 0.2) is 42.7 Å². The van der Waals surface area contributed by atoms with Crippen LogP contribution in [0.1, 0.15) is 102 Å². The molecule has 162 valence electrons. The third-order valence-electron chi connectivity index (χ3n) is 6.05. The highest BCUT2D eigenvalue weighted by Gasteiger charge is 2.16. The van der Waals surface area contributed by atoms with Crippen molar-refractivity contribution in [3.05, 3.63) is 54.1 Å². The van der Waals surface area contributed by atoms with Crippen LogP contribution in [-0.2, 0) is 25.9 Å². The summed E-state index contributed by atoms with van der Waals surface area (Å²) in [5, 5.41) is 0. The van der Waals surface area contributed by atoms with Crippen LogP contribution >= 0.6 is 0 Å². The van der Waals surface area contributed by atoms with Crippen LogP contribution < -0.4 is 4.57 Å². The van der Waals surface area contributed by atoms with Crippen molar-refractivity contribution in [1.29, 1.82) is 0 Å². The molecule has 1 aromatic carbocycles. The molecule has 0 unspecified atom stereocenters. The average molecular weight is 398 g/mol. The van der Waals surface area contributed by atoms with Gasteiger partial charge in [-0.2, -0.15) is 0 Å². The van der Waals surface area contributed by atoms with Crippen LogP contribution in [0.2, 0.25) is 0 Å². The SMILES string of the molecule is CCCCCCCCCCn1cc[n+](CCCc2ccccc2)c1CCCCC. The number of aromatic nitrogens is 2. The second kappa shape index (κ2) is 15.3. The zero-order valence-electron chi connectivity index (χ0n) is 19.2. The van der Waals surface area contributed by atoms with Crippen molar-refractivity contribution in [2.45, 2.75) is 117 Å². The van der Waals surface area contributed by atoms with Gasteiger partial charge < -0.3 is 0 Å². The summed E-state index contributed by atoms with van der Waals surface area (Å²) < 4.78 is 5.08. The monoisotopic (exact) mass is 397 g/mol. The van der Waals surface area contributed by atoms with E-state index < -0.39 is 0 Å². The van der Waals surface area contributed by atoms with Gasteiger partial charge in [-0.05, 0) is 37.7 Å². The number of aryl methyl sites for hydroxylation is 3. The maximum Gasteiger partial charge on any atom is 0.256 e. The van der Waals surface area contributed by atoms with Crippen molar-refractivity contribution >= 4 is 0 Å². The average Bonchev–Trinajstić information content (AvgIpc) is 3.13. The van der Waals surface area contributed by atoms with Gasteiger partial charge in [0.05, 0.1) is 13.1 Å². The first-order valence-electron chi connectivity index (χ1n) is 12.5. The molecular weight excluding hydrogens is 352 g/mol. The summed E-state index contributed by atoms with van der Waals surface area (Å²) in [6, 6.07) is 10.9. The lowest BCUT2D eigenvalue weighted by Gasteiger charge is -2.06. The minimum Gasteiger partial charge on any atom is -0.234 e. The number of benzene rings is 1. The van der Waals surface area contributed by atoms with E-state index in [2.05, 4.69) is 65.7 Å². The summed E-state index contributed by atoms with van der Waals surface area (Å²) >= 11 is 0. The Morgan fingerprint density at radius 3 is 2.07 bits per heavy atom. The van der Waals surface area contributed by atoms with Crippen molar-refractivity contribution in [2.24, 2.45) is 0 Å². The lowest BCUT2D eigenvalue weighted by atomic mass is 10.1. The molecule has 0 saturated heterocycles. The molecule has 0 aliphatic heterocycles. The Morgan fingerprint density at radius 2 is 1.34 bits per heavy atom. The molecule has 2 aromatic rings. The molecular formula is C27H45N2+. The largest absolute Gasteiger partial charge is 0.256 e. The molecule has 0 fully saturated rings. The van der Waals surface area contributed by atoms with Crippen molar-refractivity contribution in [3.8, 4) is 0 Å². The van der Waals surface area contributed by atoms with Crippen LogP contribution in [0.25, 0.3) is 0 Å². The fraction of sp³-hybridized carbons (Fsp3) is 0.667. The van der Waals surface area contributed by atoms with Gasteiger partial charge >= 0.3 is 0 Å². The van der Waals surface area contributed by atoms with Gasteiger partial charge in [0.25, 0.3) is 5.82 Å². The van der Waals surface area contributed by atoms with Crippen molar-refractivity contribution in [2.75, 3.05) is 0 Å². The maximum atomic E-state index is 2.55. The Labute approximate surface area is 180 Å². The fourth-order valence-electron chi connectivity index (χ4n) is 4.24. The maximum absolute atomic E-state index is 2.55. The normalized spacial score (nSPS) is 11.2. The van der Waals surface area contributed by atoms with E-state index in [1.165, 1.54) is 102 Å². The second-order valence-electron chi connectivity index (χ2n) is 8.62. The molecule has 0 saturated carbocycles. The van der Waals surface area contributed by atoms with E-state index in [9.17, 15) is 0 Å². The smallest absolute Gasteiger partial charge is 0.234 e. The van der Waals surface area contributed by atoms with E-state index in [0.29, 0.717) is 0 Å². The molecule has 1 heterocycles. The number of unbranched alkanes of at least 4 members (excludes halogenated alkanes) is 9. The summed E-state index contributed by atoms with van der Waals surface area (Å²) in [5.41, 5.74) is 1.46. The first-order chi connectivity index (χ1) is 14.3. The van der Waals surface area contributed by atoms with Crippen molar-refractivity contribution in [1.82, 2.24) is 4.57 Å². The topological polar surface area (TPSA) is 8.81 Å². The molecule has 0 radical (unpaired) electrons. The Morgan fingerprint density at radius 1 is 0.690 bits per heavy atom. The quantitative estimate of drug-likeness (QED) is 0.196. The summed E-state index contributed by atoms with van der Waals surface area (Å²) in [5.74, 6) is 1.55. The number of hydrogen-bond acceptors (Lipinski definition) is 0. The molecule has 0 aliphatic carbocycles. The number of hydrogen-bond donors (Lipinski definition) is 0. The lowest BCUT2D eigenvalue weighted by Crippen LogP contribution is -2.37. The van der Waals surface area contributed by atoms with E-state index in [0.717, 1.165) is 6.54 Å². The van der Waals surface area contributed by atoms with Crippen LogP contribution in [-0.4, -0.2) is 4.57 Å². The van der Waals surface area contributed by atoms with Crippen molar-refractivity contribution in [3.63, 3.8) is 0 Å². The van der Waals surface area contributed by atoms with Gasteiger partial charge in [0.2, 0.25) is 0 Å². The van der Waals surface area contributed by atoms with Gasteiger partial charge in [0.15, 0.2) is 0 Å². The lowest BCUT2D eigenvalue weighted by molar-refractivity contribution is -0.704. The Hall–Kier alpha value is -1.57. The van der Waals surface area contributed by atoms with E-state index in [1.807, 2.05) is 0 Å². The zero-order chi connectivity index (χ0) is 20.6. The summed E-state index contributed by atoms with van der Waals surface area (Å²) in [4.78, 5) is 0. The van der Waals surface area contributed by atoms with Gasteiger partial charge in [-0.25, -0.2) is 9.13 Å². The van der Waals surface area contributed by atoms with Gasteiger partial charge in [-0.3, -0.25) is 0 Å². The highest BCUT2D eigenvalue weighted by atomic mass is 15.1. The third kappa shape index (κ3) is 9.65. The van der Waals surface area contributed by atoms with Crippen LogP contribution in [0.5, 0.6) is 0 Å². The standard InChI is InChI=1S/C27H45N2/c1-3-5-7-8-9-10-11-16-22-28-24-25-29(27(28)21-13-6-4-2)23-17-20-26-18-14-12-15-19-26/h12,14-15,18-19,24-25H,3-11,13,16-17,20-23H2,1-2H3/q+1. The number of nitrogens with zero attached hydrogens (tertiary/aromatic N) is 2. The van der Waals surface area contributed by atoms with Crippen molar-refractivity contribution < 1.29 is 4.57 Å². The van der Waals surface area contributed by atoms with Crippen LogP contribution in [0, 0.1) is 0 Å². The summed E-state index contributed by atoms with van der Waals surface area (Å²) in [6.45, 7) is 6.93. The van der Waals surface area contributed by atoms with E-state index in [1.54, 1.807) is 5.82 Å². The molecule has 0 spiro atoms. The predicted octanol–water partition coefficient (Wildman–Crippen LogP) is 7.28. The zero-order valence-corrected chi connectivity index (χ0v) is 19.2. The Kier molecular flexibility index (Phi) is 12.5. The Balaban J connectivity index is 1.78. The molecule has 0 atom stereocenters. The van der Waals surface area contributed by atoms with Gasteiger partial charge in [-0.15, -0.1) is 0 Å². The highest BCUT2D eigenvalue weighted by molar-refractivity contribution is 5.14. The molecule has 2 nitrogen and oxygen atoms in total. The van der Waals surface area contributed by atoms with Crippen LogP contribution in [0.4, 0.5) is 0 Å². The van der Waals surface area contributed by atoms with Crippen LogP contribution in [0.3, 0.4) is 0 Å². The molecule has 2 rings (SSSR count). The molecule has 1 aromatic heterocycles. The third-order valence-corrected chi connectivity index (χ3v) is 6.05. The van der Waals surface area contributed by atoms with Gasteiger partial charge in [-0.1, -0.05) is 95.5 Å². The van der Waals surface area contributed by atoms with Gasteiger partial charge in [0, 0.05) is 6.42 Å². The number of imidazole rings is 1.